The highest BCUT2D eigenvalue weighted by atomic mass is 16.5. The number of esters is 1. The molecule has 4 nitrogen and oxygen atoms in total. The Kier molecular flexibility index (Phi) is 6.67. The molecule has 0 bridgehead atoms. The van der Waals surface area contributed by atoms with Crippen LogP contribution in [0.25, 0.3) is 0 Å². The fourth-order valence-corrected chi connectivity index (χ4v) is 2.12. The van der Waals surface area contributed by atoms with Gasteiger partial charge in [-0.3, -0.25) is 9.59 Å². The summed E-state index contributed by atoms with van der Waals surface area (Å²) in [5.74, 6) is 0.138. The summed E-state index contributed by atoms with van der Waals surface area (Å²) in [6.07, 6.45) is 7.40. The van der Waals surface area contributed by atoms with E-state index in [1.807, 2.05) is 6.92 Å². The van der Waals surface area contributed by atoms with Crippen LogP contribution in [-0.4, -0.2) is 25.0 Å². The summed E-state index contributed by atoms with van der Waals surface area (Å²) >= 11 is 0. The molecule has 1 rings (SSSR count). The van der Waals surface area contributed by atoms with Gasteiger partial charge in [-0.25, -0.2) is 0 Å². The largest absolute Gasteiger partial charge is 0.456 e. The first-order chi connectivity index (χ1) is 8.22. The summed E-state index contributed by atoms with van der Waals surface area (Å²) in [5.41, 5.74) is 0. The van der Waals surface area contributed by atoms with Gasteiger partial charge in [-0.05, 0) is 25.2 Å². The second kappa shape index (κ2) is 8.09. The zero-order valence-electron chi connectivity index (χ0n) is 10.7. The smallest absolute Gasteiger partial charge is 0.306 e. The molecule has 4 heteroatoms. The Morgan fingerprint density at radius 2 is 1.94 bits per heavy atom. The van der Waals surface area contributed by atoms with Crippen molar-refractivity contribution >= 4 is 11.9 Å². The van der Waals surface area contributed by atoms with Crippen LogP contribution in [0, 0.1) is 5.92 Å². The lowest BCUT2D eigenvalue weighted by Crippen LogP contribution is -2.33. The maximum atomic E-state index is 11.4. The molecule has 0 aromatic carbocycles. The fourth-order valence-electron chi connectivity index (χ4n) is 2.12. The molecule has 1 N–H and O–H groups in total. The van der Waals surface area contributed by atoms with Crippen molar-refractivity contribution in [2.24, 2.45) is 5.92 Å². The van der Waals surface area contributed by atoms with E-state index in [-0.39, 0.29) is 18.5 Å². The van der Waals surface area contributed by atoms with Crippen molar-refractivity contribution in [1.29, 1.82) is 0 Å². The molecule has 0 heterocycles. The number of ether oxygens (including phenoxy) is 1. The zero-order valence-corrected chi connectivity index (χ0v) is 10.7. The van der Waals surface area contributed by atoms with Crippen molar-refractivity contribution in [3.8, 4) is 0 Å². The Morgan fingerprint density at radius 3 is 2.59 bits per heavy atom. The van der Waals surface area contributed by atoms with Crippen molar-refractivity contribution in [1.82, 2.24) is 5.32 Å². The number of carbonyl (C=O) groups is 2. The van der Waals surface area contributed by atoms with Crippen LogP contribution in [0.5, 0.6) is 0 Å². The van der Waals surface area contributed by atoms with Crippen LogP contribution in [0.1, 0.15) is 51.9 Å². The molecule has 1 aliphatic rings. The van der Waals surface area contributed by atoms with Crippen molar-refractivity contribution < 1.29 is 14.3 Å². The summed E-state index contributed by atoms with van der Waals surface area (Å²) in [7, 11) is 0. The van der Waals surface area contributed by atoms with Gasteiger partial charge < -0.3 is 10.1 Å². The zero-order chi connectivity index (χ0) is 12.5. The molecular weight excluding hydrogens is 218 g/mol. The first-order valence-electron chi connectivity index (χ1n) is 6.64. The van der Waals surface area contributed by atoms with E-state index in [1.54, 1.807) is 0 Å². The van der Waals surface area contributed by atoms with E-state index in [0.29, 0.717) is 12.3 Å². The molecule has 1 aliphatic carbocycles. The number of nitrogens with one attached hydrogen (secondary N) is 1. The van der Waals surface area contributed by atoms with Gasteiger partial charge in [0.25, 0.3) is 5.91 Å². The molecule has 0 aliphatic heterocycles. The van der Waals surface area contributed by atoms with E-state index in [0.717, 1.165) is 13.0 Å². The molecule has 17 heavy (non-hydrogen) atoms. The van der Waals surface area contributed by atoms with Crippen LogP contribution in [0.3, 0.4) is 0 Å². The molecule has 1 saturated carbocycles. The molecule has 0 aromatic rings. The highest BCUT2D eigenvalue weighted by Crippen LogP contribution is 2.22. The van der Waals surface area contributed by atoms with Crippen molar-refractivity contribution in [3.63, 3.8) is 0 Å². The van der Waals surface area contributed by atoms with Crippen LogP contribution < -0.4 is 5.32 Å². The van der Waals surface area contributed by atoms with Crippen LogP contribution in [0.15, 0.2) is 0 Å². The number of amides is 1. The van der Waals surface area contributed by atoms with Crippen LogP contribution in [0.2, 0.25) is 0 Å². The second-order valence-electron chi connectivity index (χ2n) is 4.72. The minimum absolute atomic E-state index is 0.133. The number of rotatable bonds is 6. The highest BCUT2D eigenvalue weighted by molar-refractivity contribution is 5.80. The lowest BCUT2D eigenvalue weighted by atomic mass is 9.89. The van der Waals surface area contributed by atoms with E-state index in [2.05, 4.69) is 5.32 Å². The lowest BCUT2D eigenvalue weighted by Gasteiger charge is -2.21. The molecule has 0 unspecified atom stereocenters. The Morgan fingerprint density at radius 1 is 1.24 bits per heavy atom. The molecule has 98 valence electrons. The van der Waals surface area contributed by atoms with Crippen molar-refractivity contribution in [2.45, 2.75) is 51.9 Å². The minimum atomic E-state index is -0.291. The number of hydrogen-bond donors (Lipinski definition) is 1. The van der Waals surface area contributed by atoms with E-state index in [1.165, 1.54) is 32.1 Å². The molecule has 0 atom stereocenters. The van der Waals surface area contributed by atoms with Gasteiger partial charge in [0.05, 0.1) is 0 Å². The Bertz CT molecular complexity index is 247. The van der Waals surface area contributed by atoms with Gasteiger partial charge in [0.2, 0.25) is 0 Å². The van der Waals surface area contributed by atoms with Gasteiger partial charge >= 0.3 is 5.97 Å². The first-order valence-corrected chi connectivity index (χ1v) is 6.64. The summed E-state index contributed by atoms with van der Waals surface area (Å²) in [5, 5.41) is 2.83. The SMILES string of the molecule is CCCC(=O)OCC(=O)NCC1CCCCC1. The maximum Gasteiger partial charge on any atom is 0.306 e. The summed E-state index contributed by atoms with van der Waals surface area (Å²) in [4.78, 5) is 22.5. The monoisotopic (exact) mass is 241 g/mol. The lowest BCUT2D eigenvalue weighted by molar-refractivity contribution is -0.148. The third-order valence-corrected chi connectivity index (χ3v) is 3.13. The van der Waals surface area contributed by atoms with Crippen molar-refractivity contribution in [2.75, 3.05) is 13.2 Å². The van der Waals surface area contributed by atoms with E-state index in [4.69, 9.17) is 4.74 Å². The van der Waals surface area contributed by atoms with Gasteiger partial charge in [0.1, 0.15) is 0 Å². The van der Waals surface area contributed by atoms with Crippen LogP contribution in [0.4, 0.5) is 0 Å². The third-order valence-electron chi connectivity index (χ3n) is 3.13. The van der Waals surface area contributed by atoms with Crippen molar-refractivity contribution in [3.05, 3.63) is 0 Å². The van der Waals surface area contributed by atoms with E-state index >= 15 is 0 Å². The normalized spacial score (nSPS) is 16.5. The predicted molar refractivity (Wildman–Crippen MR) is 65.5 cm³/mol. The fraction of sp³-hybridized carbons (Fsp3) is 0.846. The Balaban J connectivity index is 2.06. The summed E-state index contributed by atoms with van der Waals surface area (Å²) in [6, 6.07) is 0. The molecular formula is C13H23NO3. The first kappa shape index (κ1) is 14.0. The maximum absolute atomic E-state index is 11.4. The third kappa shape index (κ3) is 6.29. The topological polar surface area (TPSA) is 55.4 Å². The standard InChI is InChI=1S/C13H23NO3/c1-2-6-13(16)17-10-12(15)14-9-11-7-4-3-5-8-11/h11H,2-10H2,1H3,(H,14,15). The van der Waals surface area contributed by atoms with Gasteiger partial charge in [-0.2, -0.15) is 0 Å². The average molecular weight is 241 g/mol. The van der Waals surface area contributed by atoms with Crippen LogP contribution >= 0.6 is 0 Å². The van der Waals surface area contributed by atoms with Gasteiger partial charge in [-0.1, -0.05) is 26.2 Å². The highest BCUT2D eigenvalue weighted by Gasteiger charge is 2.14. The quantitative estimate of drug-likeness (QED) is 0.724. The van der Waals surface area contributed by atoms with Gasteiger partial charge in [-0.15, -0.1) is 0 Å². The Labute approximate surface area is 103 Å². The average Bonchev–Trinajstić information content (AvgIpc) is 2.35. The summed E-state index contributed by atoms with van der Waals surface area (Å²) < 4.78 is 4.83. The van der Waals surface area contributed by atoms with Gasteiger partial charge in [0, 0.05) is 13.0 Å². The number of carbonyl (C=O) groups excluding carboxylic acids is 2. The second-order valence-corrected chi connectivity index (χ2v) is 4.72. The Hall–Kier alpha value is -1.06. The molecule has 0 radical (unpaired) electrons. The minimum Gasteiger partial charge on any atom is -0.456 e. The summed E-state index contributed by atoms with van der Waals surface area (Å²) in [6.45, 7) is 2.50. The molecule has 0 aromatic heterocycles. The van der Waals surface area contributed by atoms with E-state index < -0.39 is 0 Å². The number of hydrogen-bond acceptors (Lipinski definition) is 3. The predicted octanol–water partition coefficient (Wildman–Crippen LogP) is 2.03. The molecule has 0 spiro atoms. The molecule has 1 amide bonds. The van der Waals surface area contributed by atoms with Gasteiger partial charge in [0.15, 0.2) is 6.61 Å². The van der Waals surface area contributed by atoms with Crippen LogP contribution in [-0.2, 0) is 14.3 Å². The molecule has 0 saturated heterocycles. The van der Waals surface area contributed by atoms with E-state index in [9.17, 15) is 9.59 Å². The molecule has 1 fully saturated rings.